The molecule has 2 heterocycles. The molecule has 106 heavy (non-hydrogen) atoms. The van der Waals surface area contributed by atoms with E-state index in [1.54, 1.807) is 57.7 Å². The number of methoxy groups -OCH3 is 3. The fourth-order valence-electron chi connectivity index (χ4n) is 13.1. The maximum absolute atomic E-state index is 15.1. The molecule has 2 aliphatic rings. The van der Waals surface area contributed by atoms with Crippen molar-refractivity contribution in [3.63, 3.8) is 0 Å². The normalized spacial score (nSPS) is 12.7. The largest absolute Gasteiger partial charge is 0.490 e. The Hall–Kier alpha value is -6.14. The van der Waals surface area contributed by atoms with Crippen LogP contribution < -0.4 is 28.4 Å². The smallest absolute Gasteiger partial charge is 0.261 e. The number of rotatable bonds is 70. The van der Waals surface area contributed by atoms with Gasteiger partial charge < -0.3 is 71.1 Å². The lowest BCUT2D eigenvalue weighted by Gasteiger charge is -2.32. The van der Waals surface area contributed by atoms with Gasteiger partial charge in [-0.05, 0) is 78.9 Å². The van der Waals surface area contributed by atoms with Crippen LogP contribution in [0.1, 0.15) is 266 Å². The van der Waals surface area contributed by atoms with Gasteiger partial charge in [-0.25, -0.2) is 0 Å². The highest BCUT2D eigenvalue weighted by Crippen LogP contribution is 2.44. The Morgan fingerprint density at radius 1 is 0.245 bits per heavy atom. The molecular weight excluding hydrogens is 1350 g/mol. The molecule has 4 aromatic carbocycles. The van der Waals surface area contributed by atoms with Crippen molar-refractivity contribution in [3.05, 3.63) is 81.9 Å². The number of hydrogen-bond acceptors (Lipinski definition) is 19. The number of amides is 4. The number of carbonyl (C=O) groups is 4. The van der Waals surface area contributed by atoms with E-state index in [1.165, 1.54) is 140 Å². The molecule has 0 saturated carbocycles. The standard InChI is InChI=1S/C85H132N2O19/c1-7-10-13-16-19-22-25-28-31-34-41-101-74-62-68(63-75(102-42-35-32-29-26-23-20-17-14-11-8-2)80(74)105-43-36-33-30-27-24-21-18-15-12-9-3)66-86-82(88)70-37-39-72-79-73(40-38-71(78(70)79)83(86)89)85(91)87(84(72)90)67-69-64-76(103-59-56-98-53-50-95-47-44-92-4)81(106-61-58-100-55-52-97-49-46-94-6)77(65-69)104-60-57-99-54-51-96-48-45-93-5/h37-40,62-65H,7-36,41-61,66-67H2,1-6H3. The van der Waals surface area contributed by atoms with Crippen LogP contribution in [0.25, 0.3) is 10.8 Å². The van der Waals surface area contributed by atoms with E-state index in [4.69, 9.17) is 71.1 Å². The van der Waals surface area contributed by atoms with Gasteiger partial charge in [-0.2, -0.15) is 0 Å². The van der Waals surface area contributed by atoms with Gasteiger partial charge in [-0.3, -0.25) is 29.0 Å². The molecule has 0 saturated heterocycles. The van der Waals surface area contributed by atoms with Crippen molar-refractivity contribution < 1.29 is 90.2 Å². The summed E-state index contributed by atoms with van der Waals surface area (Å²) in [6, 6.07) is 13.6. The number of carbonyl (C=O) groups excluding carboxylic acids is 4. The quantitative estimate of drug-likeness (QED) is 0.0297. The van der Waals surface area contributed by atoms with E-state index >= 15 is 19.2 Å². The van der Waals surface area contributed by atoms with E-state index < -0.39 is 23.6 Å². The number of nitrogens with zero attached hydrogens (tertiary/aromatic N) is 2. The van der Waals surface area contributed by atoms with Gasteiger partial charge in [0.1, 0.15) is 19.8 Å². The topological polar surface area (TPSA) is 213 Å². The van der Waals surface area contributed by atoms with Gasteiger partial charge in [-0.15, -0.1) is 0 Å². The van der Waals surface area contributed by atoms with Gasteiger partial charge in [0.25, 0.3) is 23.6 Å². The summed E-state index contributed by atoms with van der Waals surface area (Å²) in [5.41, 5.74) is 1.89. The highest BCUT2D eigenvalue weighted by atomic mass is 16.6. The minimum Gasteiger partial charge on any atom is -0.490 e. The lowest BCUT2D eigenvalue weighted by molar-refractivity contribution is 0.0146. The maximum atomic E-state index is 15.1. The Kier molecular flexibility index (Phi) is 47.0. The van der Waals surface area contributed by atoms with Gasteiger partial charge in [0.2, 0.25) is 11.5 Å². The highest BCUT2D eigenvalue weighted by molar-refractivity contribution is 6.33. The molecule has 4 aromatic rings. The number of ether oxygens (including phenoxy) is 15. The van der Waals surface area contributed by atoms with Crippen LogP contribution in [-0.2, 0) is 55.7 Å². The van der Waals surface area contributed by atoms with Crippen LogP contribution >= 0.6 is 0 Å². The Balaban J connectivity index is 1.25. The summed E-state index contributed by atoms with van der Waals surface area (Å²) in [5.74, 6) is 0.120. The molecule has 0 atom stereocenters. The molecule has 0 radical (unpaired) electrons. The summed E-state index contributed by atoms with van der Waals surface area (Å²) in [6.07, 6.45) is 36.0. The second-order valence-corrected chi connectivity index (χ2v) is 27.6. The molecule has 2 aliphatic heterocycles. The molecule has 4 amide bonds. The van der Waals surface area contributed by atoms with Crippen LogP contribution in [0.2, 0.25) is 0 Å². The zero-order chi connectivity index (χ0) is 75.3. The first kappa shape index (κ1) is 88.8. The lowest BCUT2D eigenvalue weighted by atomic mass is 9.85. The van der Waals surface area contributed by atoms with E-state index in [9.17, 15) is 0 Å². The van der Waals surface area contributed by atoms with Crippen molar-refractivity contribution in [2.75, 3.05) is 160 Å². The fourth-order valence-corrected chi connectivity index (χ4v) is 13.1. The second-order valence-electron chi connectivity index (χ2n) is 27.6. The van der Waals surface area contributed by atoms with Crippen molar-refractivity contribution >= 4 is 34.4 Å². The van der Waals surface area contributed by atoms with Gasteiger partial charge in [0, 0.05) is 54.4 Å². The first-order chi connectivity index (χ1) is 52.2. The summed E-state index contributed by atoms with van der Waals surface area (Å²) in [4.78, 5) is 62.6. The predicted octanol–water partition coefficient (Wildman–Crippen LogP) is 17.5. The van der Waals surface area contributed by atoms with Crippen molar-refractivity contribution in [1.29, 1.82) is 0 Å². The molecule has 0 aliphatic carbocycles. The first-order valence-corrected chi connectivity index (χ1v) is 40.6. The van der Waals surface area contributed by atoms with Crippen LogP contribution in [0.3, 0.4) is 0 Å². The third kappa shape index (κ3) is 32.6. The number of hydrogen-bond donors (Lipinski definition) is 0. The van der Waals surface area contributed by atoms with Crippen LogP contribution in [0.4, 0.5) is 0 Å². The monoisotopic (exact) mass is 1480 g/mol. The Morgan fingerprint density at radius 3 is 0.717 bits per heavy atom. The maximum Gasteiger partial charge on any atom is 0.261 e. The third-order valence-electron chi connectivity index (χ3n) is 19.0. The van der Waals surface area contributed by atoms with Gasteiger partial charge >= 0.3 is 0 Å². The summed E-state index contributed by atoms with van der Waals surface area (Å²) in [6.45, 7) is 13.6. The van der Waals surface area contributed by atoms with Gasteiger partial charge in [0.05, 0.1) is 132 Å². The molecule has 21 heteroatoms. The number of unbranched alkanes of at least 4 members (excludes halogenated alkanes) is 27. The zero-order valence-electron chi connectivity index (χ0n) is 65.7. The van der Waals surface area contributed by atoms with Crippen molar-refractivity contribution in [3.8, 4) is 34.5 Å². The van der Waals surface area contributed by atoms with E-state index in [0.717, 1.165) is 62.7 Å². The third-order valence-corrected chi connectivity index (χ3v) is 19.0. The van der Waals surface area contributed by atoms with Gasteiger partial charge in [0.15, 0.2) is 23.0 Å². The molecule has 596 valence electrons. The molecular formula is C85H132N2O19. The van der Waals surface area contributed by atoms with E-state index in [0.29, 0.717) is 127 Å². The van der Waals surface area contributed by atoms with Crippen molar-refractivity contribution in [1.82, 2.24) is 9.80 Å². The number of imide groups is 2. The molecule has 6 rings (SSSR count). The molecule has 21 nitrogen and oxygen atoms in total. The van der Waals surface area contributed by atoms with E-state index in [1.807, 2.05) is 12.1 Å². The number of benzene rings is 4. The summed E-state index contributed by atoms with van der Waals surface area (Å²) >= 11 is 0. The molecule has 0 aromatic heterocycles. The second kappa shape index (κ2) is 56.1. The predicted molar refractivity (Wildman–Crippen MR) is 414 cm³/mol. The first-order valence-electron chi connectivity index (χ1n) is 40.6. The molecule has 0 bridgehead atoms. The van der Waals surface area contributed by atoms with Crippen LogP contribution in [0.15, 0.2) is 48.5 Å². The molecule has 0 N–H and O–H groups in total. The minimum absolute atomic E-state index is 0.0928. The molecule has 0 fully saturated rings. The average Bonchev–Trinajstić information content (AvgIpc) is 0.712. The molecule has 0 unspecified atom stereocenters. The van der Waals surface area contributed by atoms with Gasteiger partial charge in [-0.1, -0.05) is 194 Å². The van der Waals surface area contributed by atoms with Crippen molar-refractivity contribution in [2.45, 2.75) is 226 Å². The van der Waals surface area contributed by atoms with Crippen LogP contribution in [-0.4, -0.2) is 194 Å². The Labute approximate surface area is 634 Å². The minimum atomic E-state index is -0.606. The van der Waals surface area contributed by atoms with Crippen molar-refractivity contribution in [2.24, 2.45) is 0 Å². The highest BCUT2D eigenvalue weighted by Gasteiger charge is 2.40. The Bertz CT molecular complexity index is 2910. The summed E-state index contributed by atoms with van der Waals surface area (Å²) in [7, 11) is 4.84. The average molecular weight is 1490 g/mol. The van der Waals surface area contributed by atoms with Crippen LogP contribution in [0, 0.1) is 0 Å². The molecule has 0 spiro atoms. The Morgan fingerprint density at radius 2 is 0.453 bits per heavy atom. The SMILES string of the molecule is CCCCCCCCCCCCOc1cc(CN2C(=O)c3ccc4c5c(ccc(c35)C2=O)C(=O)N(Cc2cc(OCCOCCOCCOC)c(OCCOCCOCCOC)c(OCCOCCOCCOC)c2)C4=O)cc(OCCCCCCCCCCCC)c1OCCCCCCCCCCCC. The lowest BCUT2D eigenvalue weighted by Crippen LogP contribution is -2.42. The van der Waals surface area contributed by atoms with E-state index in [2.05, 4.69) is 20.8 Å². The van der Waals surface area contributed by atoms with Crippen LogP contribution in [0.5, 0.6) is 34.5 Å². The summed E-state index contributed by atoms with van der Waals surface area (Å²) in [5, 5.41) is 0.521. The summed E-state index contributed by atoms with van der Waals surface area (Å²) < 4.78 is 88.8. The van der Waals surface area contributed by atoms with E-state index in [-0.39, 0.29) is 103 Å². The zero-order valence-corrected chi connectivity index (χ0v) is 65.7. The fraction of sp³-hybridized carbons (Fsp3) is 0.694.